The summed E-state index contributed by atoms with van der Waals surface area (Å²) in [6, 6.07) is 16.0. The van der Waals surface area contributed by atoms with Crippen molar-refractivity contribution in [3.05, 3.63) is 66.5 Å². The molecule has 8 nitrogen and oxygen atoms in total. The van der Waals surface area contributed by atoms with Gasteiger partial charge in [0.05, 0.1) is 28.3 Å². The minimum absolute atomic E-state index is 0.243. The van der Waals surface area contributed by atoms with E-state index < -0.39 is 11.4 Å². The molecular formula is C28H30N6O2S. The van der Waals surface area contributed by atoms with Crippen LogP contribution in [0.5, 0.6) is 11.6 Å². The molecule has 6 rings (SSSR count). The summed E-state index contributed by atoms with van der Waals surface area (Å²) in [5, 5.41) is 9.00. The molecule has 4 aromatic rings. The van der Waals surface area contributed by atoms with Gasteiger partial charge in [-0.15, -0.1) is 0 Å². The summed E-state index contributed by atoms with van der Waals surface area (Å²) < 4.78 is 22.3. The van der Waals surface area contributed by atoms with E-state index >= 15 is 0 Å². The van der Waals surface area contributed by atoms with Gasteiger partial charge in [-0.05, 0) is 56.1 Å². The molecule has 1 unspecified atom stereocenters. The number of aromatic nitrogens is 3. The van der Waals surface area contributed by atoms with Gasteiger partial charge in [-0.2, -0.15) is 0 Å². The molecule has 1 aliphatic carbocycles. The van der Waals surface area contributed by atoms with Gasteiger partial charge in [-0.3, -0.25) is 0 Å². The molecule has 1 aliphatic heterocycles. The van der Waals surface area contributed by atoms with Crippen LogP contribution in [-0.2, 0) is 11.4 Å². The van der Waals surface area contributed by atoms with Crippen LogP contribution in [0.2, 0.25) is 0 Å². The van der Waals surface area contributed by atoms with Crippen LogP contribution in [0.1, 0.15) is 31.2 Å². The van der Waals surface area contributed by atoms with Gasteiger partial charge < -0.3 is 19.9 Å². The Kier molecular flexibility index (Phi) is 6.82. The number of nitrogens with one attached hydrogen (secondary N) is 3. The zero-order valence-electron chi connectivity index (χ0n) is 20.7. The van der Waals surface area contributed by atoms with Crippen molar-refractivity contribution >= 4 is 33.8 Å². The second kappa shape index (κ2) is 10.5. The van der Waals surface area contributed by atoms with Crippen molar-refractivity contribution in [2.45, 2.75) is 43.9 Å². The van der Waals surface area contributed by atoms with Crippen molar-refractivity contribution in [1.82, 2.24) is 20.3 Å². The van der Waals surface area contributed by atoms with Crippen LogP contribution >= 0.6 is 0 Å². The van der Waals surface area contributed by atoms with Gasteiger partial charge >= 0.3 is 0 Å². The maximum Gasteiger partial charge on any atom is 0.228 e. The number of anilines is 2. The number of benzene rings is 2. The highest BCUT2D eigenvalue weighted by Crippen LogP contribution is 2.40. The average Bonchev–Trinajstić information content (AvgIpc) is 3.78. The molecule has 2 aliphatic rings. The van der Waals surface area contributed by atoms with E-state index in [0.717, 1.165) is 77.8 Å². The van der Waals surface area contributed by atoms with E-state index in [9.17, 15) is 4.55 Å². The molecule has 1 saturated heterocycles. The first kappa shape index (κ1) is 24.0. The predicted octanol–water partition coefficient (Wildman–Crippen LogP) is 5.19. The van der Waals surface area contributed by atoms with Crippen molar-refractivity contribution in [1.29, 1.82) is 0 Å². The largest absolute Gasteiger partial charge is 0.593 e. The first-order valence-electron chi connectivity index (χ1n) is 12.8. The zero-order chi connectivity index (χ0) is 25.2. The number of hydrogen-bond donors (Lipinski definition) is 3. The summed E-state index contributed by atoms with van der Waals surface area (Å²) in [6.45, 7) is 3.96. The van der Waals surface area contributed by atoms with Gasteiger partial charge in [-0.1, -0.05) is 24.3 Å². The third-order valence-corrected chi connectivity index (χ3v) is 8.25. The lowest BCUT2D eigenvalue weighted by Crippen LogP contribution is -2.38. The summed E-state index contributed by atoms with van der Waals surface area (Å²) in [7, 11) is 0. The topological polar surface area (TPSA) is 107 Å². The number of fused-ring (bicyclic) bond motifs is 1. The number of pyridine rings is 1. The minimum Gasteiger partial charge on any atom is -0.593 e. The lowest BCUT2D eigenvalue weighted by atomic mass is 10.0. The fraction of sp³-hybridized carbons (Fsp3) is 0.321. The zero-order valence-corrected chi connectivity index (χ0v) is 21.6. The molecule has 0 bridgehead atoms. The third-order valence-electron chi connectivity index (χ3n) is 6.75. The number of ether oxygens (including phenoxy) is 1. The Balaban J connectivity index is 1.32. The normalized spacial score (nSPS) is 18.4. The van der Waals surface area contributed by atoms with Crippen LogP contribution in [0.3, 0.4) is 0 Å². The molecule has 37 heavy (non-hydrogen) atoms. The summed E-state index contributed by atoms with van der Waals surface area (Å²) in [5.74, 6) is 1.79. The van der Waals surface area contributed by atoms with Crippen molar-refractivity contribution in [3.63, 3.8) is 0 Å². The smallest absolute Gasteiger partial charge is 0.228 e. The van der Waals surface area contributed by atoms with Gasteiger partial charge in [0.2, 0.25) is 11.8 Å². The highest BCUT2D eigenvalue weighted by atomic mass is 32.2. The van der Waals surface area contributed by atoms with Gasteiger partial charge in [0.15, 0.2) is 0 Å². The van der Waals surface area contributed by atoms with Crippen molar-refractivity contribution < 1.29 is 9.29 Å². The van der Waals surface area contributed by atoms with Gasteiger partial charge in [-0.25, -0.2) is 19.7 Å². The van der Waals surface area contributed by atoms with Gasteiger partial charge in [0, 0.05) is 48.6 Å². The number of piperidine rings is 1. The van der Waals surface area contributed by atoms with Crippen LogP contribution in [-0.4, -0.2) is 43.9 Å². The summed E-state index contributed by atoms with van der Waals surface area (Å²) >= 11 is -1.08. The fourth-order valence-electron chi connectivity index (χ4n) is 4.68. The molecule has 3 N–H and O–H groups in total. The highest BCUT2D eigenvalue weighted by molar-refractivity contribution is 7.93. The van der Waals surface area contributed by atoms with E-state index in [1.54, 1.807) is 12.4 Å². The molecule has 2 aromatic carbocycles. The summed E-state index contributed by atoms with van der Waals surface area (Å²) in [5.41, 5.74) is 3.32. The van der Waals surface area contributed by atoms with E-state index in [2.05, 4.69) is 25.3 Å². The molecule has 190 valence electrons. The molecule has 1 saturated carbocycles. The van der Waals surface area contributed by atoms with E-state index in [-0.39, 0.29) is 5.25 Å². The van der Waals surface area contributed by atoms with E-state index in [1.807, 2.05) is 55.5 Å². The first-order chi connectivity index (χ1) is 18.2. The van der Waals surface area contributed by atoms with E-state index in [4.69, 9.17) is 9.72 Å². The molecular weight excluding hydrogens is 484 g/mol. The molecule has 0 amide bonds. The fourth-order valence-corrected chi connectivity index (χ4v) is 5.80. The van der Waals surface area contributed by atoms with Crippen LogP contribution in [0.15, 0.2) is 60.9 Å². The Morgan fingerprint density at radius 1 is 1.03 bits per heavy atom. The Morgan fingerprint density at radius 3 is 2.70 bits per heavy atom. The Hall–Kier alpha value is -3.40. The van der Waals surface area contributed by atoms with Crippen molar-refractivity contribution in [2.24, 2.45) is 0 Å². The Bertz CT molecular complexity index is 1410. The Morgan fingerprint density at radius 2 is 1.89 bits per heavy atom. The molecule has 9 heteroatoms. The van der Waals surface area contributed by atoms with E-state index in [0.29, 0.717) is 17.9 Å². The molecule has 0 radical (unpaired) electrons. The monoisotopic (exact) mass is 514 g/mol. The predicted molar refractivity (Wildman–Crippen MR) is 148 cm³/mol. The second-order valence-electron chi connectivity index (χ2n) is 9.63. The third kappa shape index (κ3) is 5.34. The average molecular weight is 515 g/mol. The van der Waals surface area contributed by atoms with Crippen LogP contribution < -0.4 is 20.1 Å². The molecule has 2 fully saturated rings. The van der Waals surface area contributed by atoms with Gasteiger partial charge in [0.1, 0.15) is 11.0 Å². The van der Waals surface area contributed by atoms with Crippen LogP contribution in [0, 0.1) is 6.92 Å². The highest BCUT2D eigenvalue weighted by Gasteiger charge is 2.35. The van der Waals surface area contributed by atoms with Crippen LogP contribution in [0.4, 0.5) is 11.6 Å². The second-order valence-corrected chi connectivity index (χ2v) is 11.1. The number of aryl methyl sites for hydroxylation is 1. The maximum absolute atomic E-state index is 12.6. The minimum atomic E-state index is -1.08. The quantitative estimate of drug-likeness (QED) is 0.276. The lowest BCUT2D eigenvalue weighted by molar-refractivity contribution is 0.466. The first-order valence-corrected chi connectivity index (χ1v) is 14.0. The maximum atomic E-state index is 12.6. The lowest BCUT2D eigenvalue weighted by Gasteiger charge is -2.23. The van der Waals surface area contributed by atoms with Gasteiger partial charge in [0.25, 0.3) is 0 Å². The van der Waals surface area contributed by atoms with Crippen LogP contribution in [0.25, 0.3) is 22.0 Å². The number of hydrogen-bond acceptors (Lipinski definition) is 8. The van der Waals surface area contributed by atoms with E-state index in [1.165, 1.54) is 0 Å². The summed E-state index contributed by atoms with van der Waals surface area (Å²) in [6.07, 6.45) is 7.73. The summed E-state index contributed by atoms with van der Waals surface area (Å²) in [4.78, 5) is 13.8. The molecule has 0 spiro atoms. The number of rotatable bonds is 8. The molecule has 2 atom stereocenters. The molecule has 3 heterocycles. The standard InChI is InChI=1S/C28H30N6O2S/c1-18-16-25(34-37(35)20-10-11-20)21-7-2-3-8-22(21)26(18)36-27-23(9-5-14-30-27)24-12-15-31-28(33-24)32-19-6-4-13-29-17-19/h2-3,5,7-9,12,14-16,19-20,29,34H,4,6,10-11,13,17H2,1H3,(H,31,32,33)/t19-,37?/m0/s1. The number of nitrogens with zero attached hydrogens (tertiary/aromatic N) is 3. The van der Waals surface area contributed by atoms with Crippen molar-refractivity contribution in [2.75, 3.05) is 23.1 Å². The Labute approximate surface area is 219 Å². The molecule has 2 aromatic heterocycles. The SMILES string of the molecule is Cc1cc(N[S+]([O-])C2CC2)c2ccccc2c1Oc1ncccc1-c1ccnc(N[C@H]2CCCNC2)n1. The van der Waals surface area contributed by atoms with Crippen molar-refractivity contribution in [3.8, 4) is 22.9 Å².